The molecule has 3 unspecified atom stereocenters. The molecule has 1 rings (SSSR count). The van der Waals surface area contributed by atoms with E-state index < -0.39 is 12.5 Å². The van der Waals surface area contributed by atoms with Crippen LogP contribution in [0.5, 0.6) is 0 Å². The maximum atomic E-state index is 10.4. The highest BCUT2D eigenvalue weighted by Gasteiger charge is 2.29. The summed E-state index contributed by atoms with van der Waals surface area (Å²) in [4.78, 5) is 11.9. The van der Waals surface area contributed by atoms with Crippen molar-refractivity contribution in [2.24, 2.45) is 5.73 Å². The molecule has 1 heterocycles. The van der Waals surface area contributed by atoms with E-state index >= 15 is 0 Å². The van der Waals surface area contributed by atoms with Crippen LogP contribution in [0.15, 0.2) is 0 Å². The minimum absolute atomic E-state index is 0.120. The Labute approximate surface area is 71.1 Å². The van der Waals surface area contributed by atoms with Crippen LogP contribution in [0.3, 0.4) is 0 Å². The molecule has 70 valence electrons. The summed E-state index contributed by atoms with van der Waals surface area (Å²) in [6.07, 6.45) is 0.555. The van der Waals surface area contributed by atoms with Crippen LogP contribution in [-0.4, -0.2) is 42.0 Å². The van der Waals surface area contributed by atoms with Crippen molar-refractivity contribution in [2.75, 3.05) is 7.05 Å². The van der Waals surface area contributed by atoms with Gasteiger partial charge in [-0.25, -0.2) is 0 Å². The molecule has 3 N–H and O–H groups in total. The number of aliphatic hydroxyl groups excluding tert-OH is 1. The van der Waals surface area contributed by atoms with E-state index in [1.807, 2.05) is 0 Å². The van der Waals surface area contributed by atoms with Crippen molar-refractivity contribution in [3.8, 4) is 0 Å². The first kappa shape index (κ1) is 9.44. The van der Waals surface area contributed by atoms with Gasteiger partial charge in [-0.1, -0.05) is 0 Å². The predicted molar refractivity (Wildman–Crippen MR) is 41.9 cm³/mol. The molecule has 0 aliphatic carbocycles. The third kappa shape index (κ3) is 1.94. The lowest BCUT2D eigenvalue weighted by atomic mass is 10.1. The molecule has 1 fully saturated rings. The van der Waals surface area contributed by atoms with E-state index in [0.717, 1.165) is 0 Å². The van der Waals surface area contributed by atoms with E-state index in [0.29, 0.717) is 19.3 Å². The zero-order chi connectivity index (χ0) is 9.14. The minimum atomic E-state index is -0.781. The highest BCUT2D eigenvalue weighted by atomic mass is 16.6. The van der Waals surface area contributed by atoms with Crippen molar-refractivity contribution in [1.29, 1.82) is 0 Å². The number of aliphatic hydroxyl groups is 1. The van der Waals surface area contributed by atoms with Gasteiger partial charge in [-0.3, -0.25) is 4.79 Å². The summed E-state index contributed by atoms with van der Waals surface area (Å²) in [6.45, 7) is 0. The molecule has 1 amide bonds. The van der Waals surface area contributed by atoms with Crippen LogP contribution in [0.4, 0.5) is 0 Å². The van der Waals surface area contributed by atoms with E-state index in [-0.39, 0.29) is 6.04 Å². The molecular weight excluding hydrogens is 160 g/mol. The Hall–Kier alpha value is -0.650. The summed E-state index contributed by atoms with van der Waals surface area (Å²) < 4.78 is 4.95. The van der Waals surface area contributed by atoms with Gasteiger partial charge in [0.05, 0.1) is 6.04 Å². The fraction of sp³-hybridized carbons (Fsp3) is 0.857. The van der Waals surface area contributed by atoms with Crippen LogP contribution in [0, 0.1) is 0 Å². The van der Waals surface area contributed by atoms with Gasteiger partial charge in [-0.15, -0.1) is 0 Å². The highest BCUT2D eigenvalue weighted by Crippen LogP contribution is 2.18. The molecule has 12 heavy (non-hydrogen) atoms. The van der Waals surface area contributed by atoms with Crippen LogP contribution in [-0.2, 0) is 9.53 Å². The standard InChI is InChI=1S/C7H14N2O3/c1-9(4-10)5-2-3-6(11)12-7(5)8/h4-7,11H,2-3,8H2,1H3. The average molecular weight is 174 g/mol. The average Bonchev–Trinajstić information content (AvgIpc) is 2.03. The fourth-order valence-corrected chi connectivity index (χ4v) is 1.33. The Balaban J connectivity index is 2.49. The Kier molecular flexibility index (Phi) is 3.02. The SMILES string of the molecule is CN(C=O)C1CCC(O)OC1N. The van der Waals surface area contributed by atoms with Crippen molar-refractivity contribution in [2.45, 2.75) is 31.4 Å². The molecule has 1 aliphatic heterocycles. The van der Waals surface area contributed by atoms with Gasteiger partial charge in [-0.2, -0.15) is 0 Å². The number of carbonyl (C=O) groups excluding carboxylic acids is 1. The summed E-state index contributed by atoms with van der Waals surface area (Å²) in [6, 6.07) is -0.120. The number of hydrogen-bond donors (Lipinski definition) is 2. The van der Waals surface area contributed by atoms with Gasteiger partial charge < -0.3 is 20.5 Å². The quantitative estimate of drug-likeness (QED) is 0.519. The van der Waals surface area contributed by atoms with E-state index in [1.54, 1.807) is 7.05 Å². The second-order valence-corrected chi connectivity index (χ2v) is 2.97. The third-order valence-corrected chi connectivity index (χ3v) is 2.09. The smallest absolute Gasteiger partial charge is 0.209 e. The fourth-order valence-electron chi connectivity index (χ4n) is 1.33. The van der Waals surface area contributed by atoms with Crippen molar-refractivity contribution in [3.05, 3.63) is 0 Å². The number of nitrogens with zero attached hydrogens (tertiary/aromatic N) is 1. The number of nitrogens with two attached hydrogens (primary N) is 1. The van der Waals surface area contributed by atoms with Gasteiger partial charge in [0.1, 0.15) is 6.23 Å². The second kappa shape index (κ2) is 3.84. The first-order valence-electron chi connectivity index (χ1n) is 3.91. The molecular formula is C7H14N2O3. The third-order valence-electron chi connectivity index (χ3n) is 2.09. The molecule has 5 heteroatoms. The first-order valence-corrected chi connectivity index (χ1v) is 3.91. The predicted octanol–water partition coefficient (Wildman–Crippen LogP) is -1.14. The van der Waals surface area contributed by atoms with Crippen LogP contribution in [0.1, 0.15) is 12.8 Å². The summed E-state index contributed by atoms with van der Waals surface area (Å²) in [5.74, 6) is 0. The summed E-state index contributed by atoms with van der Waals surface area (Å²) in [7, 11) is 1.65. The largest absolute Gasteiger partial charge is 0.368 e. The summed E-state index contributed by atoms with van der Waals surface area (Å²) in [5, 5.41) is 9.04. The van der Waals surface area contributed by atoms with Crippen LogP contribution < -0.4 is 5.73 Å². The van der Waals surface area contributed by atoms with Crippen molar-refractivity contribution in [3.63, 3.8) is 0 Å². The lowest BCUT2D eigenvalue weighted by Crippen LogP contribution is -2.52. The Morgan fingerprint density at radius 2 is 2.33 bits per heavy atom. The lowest BCUT2D eigenvalue weighted by molar-refractivity contribution is -0.183. The van der Waals surface area contributed by atoms with Gasteiger partial charge in [-0.05, 0) is 6.42 Å². The molecule has 0 aromatic carbocycles. The van der Waals surface area contributed by atoms with Crippen molar-refractivity contribution in [1.82, 2.24) is 4.90 Å². The molecule has 0 bridgehead atoms. The molecule has 1 aliphatic rings. The molecule has 0 aromatic heterocycles. The first-order chi connectivity index (χ1) is 5.65. The van der Waals surface area contributed by atoms with E-state index in [1.165, 1.54) is 4.90 Å². The Morgan fingerprint density at radius 3 is 2.83 bits per heavy atom. The van der Waals surface area contributed by atoms with Gasteiger partial charge >= 0.3 is 0 Å². The molecule has 1 saturated heterocycles. The van der Waals surface area contributed by atoms with E-state index in [2.05, 4.69) is 0 Å². The highest BCUT2D eigenvalue weighted by molar-refractivity contribution is 5.47. The topological polar surface area (TPSA) is 75.8 Å². The van der Waals surface area contributed by atoms with Crippen LogP contribution >= 0.6 is 0 Å². The van der Waals surface area contributed by atoms with Crippen LogP contribution in [0.25, 0.3) is 0 Å². The molecule has 5 nitrogen and oxygen atoms in total. The van der Waals surface area contributed by atoms with E-state index in [9.17, 15) is 4.79 Å². The lowest BCUT2D eigenvalue weighted by Gasteiger charge is -2.35. The molecule has 0 spiro atoms. The van der Waals surface area contributed by atoms with Gasteiger partial charge in [0.15, 0.2) is 6.29 Å². The van der Waals surface area contributed by atoms with E-state index in [4.69, 9.17) is 15.6 Å². The Bertz CT molecular complexity index is 165. The summed E-state index contributed by atoms with van der Waals surface area (Å²) >= 11 is 0. The maximum Gasteiger partial charge on any atom is 0.209 e. The monoisotopic (exact) mass is 174 g/mol. The molecule has 3 atom stereocenters. The number of rotatable bonds is 2. The zero-order valence-corrected chi connectivity index (χ0v) is 7.01. The van der Waals surface area contributed by atoms with Crippen LogP contribution in [0.2, 0.25) is 0 Å². The molecule has 0 aromatic rings. The molecule has 0 saturated carbocycles. The maximum absolute atomic E-state index is 10.4. The number of likely N-dealkylation sites (N-methyl/N-ethyl adjacent to an activating group) is 1. The number of amides is 1. The van der Waals surface area contributed by atoms with Gasteiger partial charge in [0.2, 0.25) is 6.41 Å². The minimum Gasteiger partial charge on any atom is -0.368 e. The van der Waals surface area contributed by atoms with Gasteiger partial charge in [0.25, 0.3) is 0 Å². The zero-order valence-electron chi connectivity index (χ0n) is 7.01. The van der Waals surface area contributed by atoms with Crippen molar-refractivity contribution >= 4 is 6.41 Å². The Morgan fingerprint density at radius 1 is 1.67 bits per heavy atom. The number of carbonyl (C=O) groups is 1. The number of hydrogen-bond acceptors (Lipinski definition) is 4. The van der Waals surface area contributed by atoms with Crippen molar-refractivity contribution < 1.29 is 14.6 Å². The second-order valence-electron chi connectivity index (χ2n) is 2.97. The van der Waals surface area contributed by atoms with Gasteiger partial charge in [0, 0.05) is 13.5 Å². The summed E-state index contributed by atoms with van der Waals surface area (Å²) in [5.41, 5.74) is 5.56. The molecule has 0 radical (unpaired) electrons. The normalized spacial score (nSPS) is 36.1. The number of ether oxygens (including phenoxy) is 1.